The van der Waals surface area contributed by atoms with Gasteiger partial charge in [0.05, 0.1) is 10.0 Å². The van der Waals surface area contributed by atoms with E-state index in [1.807, 2.05) is 6.07 Å². The topological polar surface area (TPSA) is 28.0 Å². The molecule has 0 saturated carbocycles. The second-order valence-electron chi connectivity index (χ2n) is 4.50. The highest BCUT2D eigenvalue weighted by Gasteiger charge is 2.21. The van der Waals surface area contributed by atoms with Crippen molar-refractivity contribution in [3.05, 3.63) is 20.3 Å². The van der Waals surface area contributed by atoms with Crippen LogP contribution in [0.3, 0.4) is 0 Å². The lowest BCUT2D eigenvalue weighted by molar-refractivity contribution is 0.347. The van der Waals surface area contributed by atoms with Crippen LogP contribution in [0.5, 0.6) is 0 Å². The summed E-state index contributed by atoms with van der Waals surface area (Å²) in [4.78, 5) is 2.33. The summed E-state index contributed by atoms with van der Waals surface area (Å²) in [5.74, 6) is 0.808. The average Bonchev–Trinajstić information content (AvgIpc) is 2.79. The quantitative estimate of drug-likeness (QED) is 0.651. The number of hydrogen-bond acceptors (Lipinski definition) is 5. The fraction of sp³-hybridized carbons (Fsp3) is 0.500. The molecule has 20 heavy (non-hydrogen) atoms. The number of thiophene rings is 1. The molecule has 0 N–H and O–H groups in total. The van der Waals surface area contributed by atoms with Crippen molar-refractivity contribution < 1.29 is 0 Å². The van der Waals surface area contributed by atoms with E-state index in [2.05, 4.69) is 15.1 Å². The highest BCUT2D eigenvalue weighted by Crippen LogP contribution is 2.33. The first-order chi connectivity index (χ1) is 9.24. The van der Waals surface area contributed by atoms with Gasteiger partial charge in [-0.1, -0.05) is 35.0 Å². The number of piperidine rings is 1. The summed E-state index contributed by atoms with van der Waals surface area (Å²) in [5, 5.41) is 9.74. The molecule has 0 radical (unpaired) electrons. The van der Waals surface area contributed by atoms with Gasteiger partial charge >= 0.3 is 0 Å². The number of amidine groups is 1. The van der Waals surface area contributed by atoms with Gasteiger partial charge in [0.15, 0.2) is 5.17 Å². The van der Waals surface area contributed by atoms with Gasteiger partial charge in [0.1, 0.15) is 4.34 Å². The molecule has 1 fully saturated rings. The lowest BCUT2D eigenvalue weighted by Gasteiger charge is -2.29. The van der Waals surface area contributed by atoms with Crippen LogP contribution in [-0.2, 0) is 0 Å². The Bertz CT molecular complexity index is 539. The van der Waals surface area contributed by atoms with Gasteiger partial charge in [-0.25, -0.2) is 0 Å². The molecule has 0 bridgehead atoms. The van der Waals surface area contributed by atoms with E-state index in [-0.39, 0.29) is 17.0 Å². The fourth-order valence-corrected chi connectivity index (χ4v) is 4.65. The summed E-state index contributed by atoms with van der Waals surface area (Å²) in [6.07, 6.45) is 3.83. The minimum atomic E-state index is 0. The molecule has 0 unspecified atom stereocenters. The zero-order chi connectivity index (χ0) is 13.2. The van der Waals surface area contributed by atoms with E-state index >= 15 is 0 Å². The molecule has 110 valence electrons. The number of likely N-dealkylation sites (tertiary alicyclic amines) is 1. The van der Waals surface area contributed by atoms with Gasteiger partial charge in [-0.15, -0.1) is 33.4 Å². The van der Waals surface area contributed by atoms with Gasteiger partial charge in [-0.2, -0.15) is 5.10 Å². The Kier molecular flexibility index (Phi) is 6.23. The Hall–Kier alpha value is 0.250. The maximum atomic E-state index is 6.15. The largest absolute Gasteiger partial charge is 0.350 e. The molecule has 0 aliphatic carbocycles. The van der Waals surface area contributed by atoms with Gasteiger partial charge in [0, 0.05) is 24.4 Å². The molecule has 1 saturated heterocycles. The zero-order valence-corrected chi connectivity index (χ0v) is 15.5. The maximum absolute atomic E-state index is 6.15. The lowest BCUT2D eigenvalue weighted by atomic mass is 10.1. The van der Waals surface area contributed by atoms with Gasteiger partial charge in [-0.3, -0.25) is 0 Å². The molecule has 3 nitrogen and oxygen atoms in total. The lowest BCUT2D eigenvalue weighted by Crippen LogP contribution is -2.35. The van der Waals surface area contributed by atoms with E-state index in [0.29, 0.717) is 8.67 Å². The van der Waals surface area contributed by atoms with Crippen LogP contribution in [0.2, 0.25) is 8.67 Å². The number of rotatable bonds is 1. The number of nitrogens with zero attached hydrogens (tertiary/aromatic N) is 3. The van der Waals surface area contributed by atoms with Crippen molar-refractivity contribution >= 4 is 74.2 Å². The van der Waals surface area contributed by atoms with Crippen LogP contribution in [0.1, 0.15) is 24.8 Å². The molecule has 8 heteroatoms. The second-order valence-corrected chi connectivity index (χ2v) is 7.73. The minimum Gasteiger partial charge on any atom is -0.350 e. The number of hydrogen-bond donors (Lipinski definition) is 0. The van der Waals surface area contributed by atoms with Gasteiger partial charge in [0.2, 0.25) is 0 Å². The van der Waals surface area contributed by atoms with Gasteiger partial charge in [0.25, 0.3) is 0 Å². The minimum absolute atomic E-state index is 0. The molecule has 0 atom stereocenters. The third-order valence-corrected chi connectivity index (χ3v) is 5.69. The Labute approximate surface area is 147 Å². The molecule has 3 heterocycles. The van der Waals surface area contributed by atoms with Crippen LogP contribution < -0.4 is 0 Å². The van der Waals surface area contributed by atoms with Crippen molar-refractivity contribution in [1.29, 1.82) is 0 Å². The molecule has 2 aliphatic heterocycles. The molecule has 0 spiro atoms. The molecular formula is C12H14BrCl2N3S2. The third-order valence-electron chi connectivity index (χ3n) is 3.19. The van der Waals surface area contributed by atoms with Crippen LogP contribution in [0.15, 0.2) is 16.3 Å². The van der Waals surface area contributed by atoms with Crippen LogP contribution in [0.4, 0.5) is 0 Å². The Morgan fingerprint density at radius 2 is 1.85 bits per heavy atom. The average molecular weight is 415 g/mol. The van der Waals surface area contributed by atoms with E-state index < -0.39 is 0 Å². The Morgan fingerprint density at radius 3 is 2.40 bits per heavy atom. The third kappa shape index (κ3) is 3.71. The predicted octanol–water partition coefficient (Wildman–Crippen LogP) is 4.93. The SMILES string of the molecule is Br.Clc1cc(C2=NN=C(N3CCCCC3)SC2)c(Cl)s1. The standard InChI is InChI=1S/C12H13Cl2N3S2.BrH/c13-10-6-8(11(14)19-10)9-7-18-12(16-15-9)17-4-2-1-3-5-17;/h6H,1-5,7H2;1H. The second kappa shape index (κ2) is 7.49. The molecular weight excluding hydrogens is 401 g/mol. The first-order valence-corrected chi connectivity index (χ1v) is 8.77. The van der Waals surface area contributed by atoms with Crippen molar-refractivity contribution in [2.75, 3.05) is 18.8 Å². The van der Waals surface area contributed by atoms with E-state index in [4.69, 9.17) is 23.2 Å². The summed E-state index contributed by atoms with van der Waals surface area (Å²) in [7, 11) is 0. The number of thioether (sulfide) groups is 1. The van der Waals surface area contributed by atoms with Gasteiger partial charge < -0.3 is 4.90 Å². The smallest absolute Gasteiger partial charge is 0.186 e. The highest BCUT2D eigenvalue weighted by atomic mass is 79.9. The molecule has 1 aromatic heterocycles. The summed E-state index contributed by atoms with van der Waals surface area (Å²) >= 11 is 15.2. The van der Waals surface area contributed by atoms with Crippen molar-refractivity contribution in [1.82, 2.24) is 4.90 Å². The first kappa shape index (κ1) is 16.6. The van der Waals surface area contributed by atoms with Crippen molar-refractivity contribution in [3.63, 3.8) is 0 Å². The van der Waals surface area contributed by atoms with Crippen LogP contribution in [-0.4, -0.2) is 34.6 Å². The van der Waals surface area contributed by atoms with Crippen LogP contribution in [0, 0.1) is 0 Å². The number of halogens is 3. The Balaban J connectivity index is 0.00000147. The predicted molar refractivity (Wildman–Crippen MR) is 96.5 cm³/mol. The maximum Gasteiger partial charge on any atom is 0.186 e. The zero-order valence-electron chi connectivity index (χ0n) is 10.6. The summed E-state index contributed by atoms with van der Waals surface area (Å²) in [6, 6.07) is 1.87. The first-order valence-electron chi connectivity index (χ1n) is 6.21. The van der Waals surface area contributed by atoms with E-state index in [0.717, 1.165) is 35.3 Å². The van der Waals surface area contributed by atoms with Crippen molar-refractivity contribution in [2.45, 2.75) is 19.3 Å². The highest BCUT2D eigenvalue weighted by molar-refractivity contribution is 8.93. The van der Waals surface area contributed by atoms with E-state index in [1.165, 1.54) is 30.6 Å². The van der Waals surface area contributed by atoms with Crippen LogP contribution in [0.25, 0.3) is 0 Å². The summed E-state index contributed by atoms with van der Waals surface area (Å²) < 4.78 is 1.39. The van der Waals surface area contributed by atoms with E-state index in [1.54, 1.807) is 11.8 Å². The molecule has 2 aliphatic rings. The molecule has 0 amide bonds. The van der Waals surface area contributed by atoms with Crippen molar-refractivity contribution in [2.24, 2.45) is 10.2 Å². The Morgan fingerprint density at radius 1 is 1.10 bits per heavy atom. The fourth-order valence-electron chi connectivity index (χ4n) is 2.20. The molecule has 1 aromatic rings. The van der Waals surface area contributed by atoms with E-state index in [9.17, 15) is 0 Å². The van der Waals surface area contributed by atoms with Gasteiger partial charge in [-0.05, 0) is 25.3 Å². The monoisotopic (exact) mass is 413 g/mol. The van der Waals surface area contributed by atoms with Crippen LogP contribution >= 0.6 is 63.3 Å². The van der Waals surface area contributed by atoms with Crippen molar-refractivity contribution in [3.8, 4) is 0 Å². The normalized spacial score (nSPS) is 19.2. The summed E-state index contributed by atoms with van der Waals surface area (Å²) in [5.41, 5.74) is 1.84. The molecule has 0 aromatic carbocycles. The molecule has 3 rings (SSSR count). The summed E-state index contributed by atoms with van der Waals surface area (Å²) in [6.45, 7) is 2.20.